The standard InChI is InChI=1S/C18H23N5O2/c19-17(24)25-16(15-5-2-1-3-6-15)7-10-22-11-13-23(14-12-22)18-20-8-4-9-21-18/h1-6,8-9,16H,7,10-14H2,(H2,19,24). The van der Waals surface area contributed by atoms with Crippen LogP contribution in [0.15, 0.2) is 48.8 Å². The van der Waals surface area contributed by atoms with Gasteiger partial charge in [-0.25, -0.2) is 14.8 Å². The van der Waals surface area contributed by atoms with E-state index in [0.717, 1.165) is 50.7 Å². The molecule has 0 aliphatic carbocycles. The quantitative estimate of drug-likeness (QED) is 0.863. The predicted molar refractivity (Wildman–Crippen MR) is 95.2 cm³/mol. The van der Waals surface area contributed by atoms with E-state index in [1.807, 2.05) is 36.4 Å². The predicted octanol–water partition coefficient (Wildman–Crippen LogP) is 1.83. The smallest absolute Gasteiger partial charge is 0.405 e. The van der Waals surface area contributed by atoms with E-state index < -0.39 is 6.09 Å². The lowest BCUT2D eigenvalue weighted by molar-refractivity contribution is 0.0910. The van der Waals surface area contributed by atoms with Crippen LogP contribution >= 0.6 is 0 Å². The number of nitrogens with zero attached hydrogens (tertiary/aromatic N) is 4. The van der Waals surface area contributed by atoms with Crippen molar-refractivity contribution in [3.8, 4) is 0 Å². The molecule has 132 valence electrons. The summed E-state index contributed by atoms with van der Waals surface area (Å²) in [6, 6.07) is 11.5. The van der Waals surface area contributed by atoms with E-state index in [2.05, 4.69) is 19.8 Å². The van der Waals surface area contributed by atoms with E-state index in [-0.39, 0.29) is 6.10 Å². The number of nitrogens with two attached hydrogens (primary N) is 1. The van der Waals surface area contributed by atoms with Crippen LogP contribution < -0.4 is 10.6 Å². The van der Waals surface area contributed by atoms with Gasteiger partial charge in [-0.05, 0) is 11.6 Å². The molecule has 0 bridgehead atoms. The van der Waals surface area contributed by atoms with Crippen LogP contribution in [0.25, 0.3) is 0 Å². The number of rotatable bonds is 6. The third kappa shape index (κ3) is 4.90. The van der Waals surface area contributed by atoms with E-state index in [1.54, 1.807) is 12.4 Å². The lowest BCUT2D eigenvalue weighted by Crippen LogP contribution is -2.47. The summed E-state index contributed by atoms with van der Waals surface area (Å²) >= 11 is 0. The van der Waals surface area contributed by atoms with Gasteiger partial charge in [-0.15, -0.1) is 0 Å². The molecule has 0 saturated carbocycles. The lowest BCUT2D eigenvalue weighted by Gasteiger charge is -2.35. The maximum absolute atomic E-state index is 11.2. The first-order valence-corrected chi connectivity index (χ1v) is 8.48. The zero-order valence-corrected chi connectivity index (χ0v) is 14.1. The zero-order chi connectivity index (χ0) is 17.5. The number of ether oxygens (including phenoxy) is 1. The number of anilines is 1. The molecule has 1 saturated heterocycles. The molecule has 2 heterocycles. The van der Waals surface area contributed by atoms with Crippen molar-refractivity contribution in [1.29, 1.82) is 0 Å². The number of piperazine rings is 1. The summed E-state index contributed by atoms with van der Waals surface area (Å²) in [5, 5.41) is 0. The van der Waals surface area contributed by atoms with E-state index in [0.29, 0.717) is 0 Å². The summed E-state index contributed by atoms with van der Waals surface area (Å²) in [5.41, 5.74) is 6.20. The Morgan fingerprint density at radius 1 is 1.08 bits per heavy atom. The Morgan fingerprint density at radius 2 is 1.76 bits per heavy atom. The molecule has 7 heteroatoms. The van der Waals surface area contributed by atoms with Crippen molar-refractivity contribution in [2.24, 2.45) is 5.73 Å². The zero-order valence-electron chi connectivity index (χ0n) is 14.1. The molecular formula is C18H23N5O2. The van der Waals surface area contributed by atoms with Crippen LogP contribution in [-0.2, 0) is 4.74 Å². The number of hydrogen-bond donors (Lipinski definition) is 1. The molecule has 2 N–H and O–H groups in total. The number of carbonyl (C=O) groups excluding carboxylic acids is 1. The second-order valence-corrected chi connectivity index (χ2v) is 6.00. The van der Waals surface area contributed by atoms with Crippen LogP contribution in [0.2, 0.25) is 0 Å². The monoisotopic (exact) mass is 341 g/mol. The fourth-order valence-corrected chi connectivity index (χ4v) is 3.03. The highest BCUT2D eigenvalue weighted by molar-refractivity contribution is 5.65. The summed E-state index contributed by atoms with van der Waals surface area (Å²) in [6.07, 6.45) is 3.20. The Bertz CT molecular complexity index is 660. The second kappa shape index (κ2) is 8.43. The highest BCUT2D eigenvalue weighted by Gasteiger charge is 2.21. The maximum Gasteiger partial charge on any atom is 0.405 e. The molecule has 1 aliphatic rings. The Balaban J connectivity index is 1.51. The molecule has 1 amide bonds. The average molecular weight is 341 g/mol. The van der Waals surface area contributed by atoms with Gasteiger partial charge in [-0.1, -0.05) is 30.3 Å². The number of amides is 1. The van der Waals surface area contributed by atoms with Crippen LogP contribution in [0.3, 0.4) is 0 Å². The minimum absolute atomic E-state index is 0.311. The third-order valence-corrected chi connectivity index (χ3v) is 4.34. The Labute approximate surface area is 147 Å². The van der Waals surface area contributed by atoms with E-state index in [1.165, 1.54) is 0 Å². The Kier molecular flexibility index (Phi) is 5.79. The van der Waals surface area contributed by atoms with Crippen molar-refractivity contribution in [2.75, 3.05) is 37.6 Å². The number of aromatic nitrogens is 2. The van der Waals surface area contributed by atoms with Crippen LogP contribution in [-0.4, -0.2) is 53.7 Å². The highest BCUT2D eigenvalue weighted by Crippen LogP contribution is 2.22. The van der Waals surface area contributed by atoms with Gasteiger partial charge >= 0.3 is 6.09 Å². The van der Waals surface area contributed by atoms with Crippen molar-refractivity contribution in [3.63, 3.8) is 0 Å². The molecule has 1 aromatic carbocycles. The topological polar surface area (TPSA) is 84.6 Å². The molecule has 1 unspecified atom stereocenters. The molecule has 1 fully saturated rings. The molecule has 25 heavy (non-hydrogen) atoms. The van der Waals surface area contributed by atoms with Crippen molar-refractivity contribution < 1.29 is 9.53 Å². The summed E-state index contributed by atoms with van der Waals surface area (Å²) in [4.78, 5) is 24.3. The molecule has 7 nitrogen and oxygen atoms in total. The Hall–Kier alpha value is -2.67. The number of primary amides is 1. The summed E-state index contributed by atoms with van der Waals surface area (Å²) in [7, 11) is 0. The second-order valence-electron chi connectivity index (χ2n) is 6.00. The number of benzene rings is 1. The van der Waals surface area contributed by atoms with Crippen molar-refractivity contribution in [1.82, 2.24) is 14.9 Å². The van der Waals surface area contributed by atoms with Gasteiger partial charge in [0, 0.05) is 51.5 Å². The first-order valence-electron chi connectivity index (χ1n) is 8.48. The molecule has 2 aromatic rings. The van der Waals surface area contributed by atoms with Crippen molar-refractivity contribution in [3.05, 3.63) is 54.4 Å². The van der Waals surface area contributed by atoms with Gasteiger partial charge in [-0.3, -0.25) is 4.90 Å². The van der Waals surface area contributed by atoms with Gasteiger partial charge in [0.1, 0.15) is 6.10 Å². The van der Waals surface area contributed by atoms with Crippen LogP contribution in [0.5, 0.6) is 0 Å². The fraction of sp³-hybridized carbons (Fsp3) is 0.389. The third-order valence-electron chi connectivity index (χ3n) is 4.34. The molecule has 1 aliphatic heterocycles. The summed E-state index contributed by atoms with van der Waals surface area (Å²) < 4.78 is 5.30. The van der Waals surface area contributed by atoms with Gasteiger partial charge in [0.2, 0.25) is 5.95 Å². The molecule has 1 aromatic heterocycles. The summed E-state index contributed by atoms with van der Waals surface area (Å²) in [5.74, 6) is 0.779. The normalized spacial score (nSPS) is 16.4. The first kappa shape index (κ1) is 17.2. The van der Waals surface area contributed by atoms with Gasteiger partial charge in [0.25, 0.3) is 0 Å². The molecule has 0 radical (unpaired) electrons. The SMILES string of the molecule is NC(=O)OC(CCN1CCN(c2ncccn2)CC1)c1ccccc1. The highest BCUT2D eigenvalue weighted by atomic mass is 16.6. The largest absolute Gasteiger partial charge is 0.441 e. The fourth-order valence-electron chi connectivity index (χ4n) is 3.03. The van der Waals surface area contributed by atoms with Gasteiger partial charge in [0.05, 0.1) is 0 Å². The number of carbonyl (C=O) groups is 1. The van der Waals surface area contributed by atoms with E-state index >= 15 is 0 Å². The van der Waals surface area contributed by atoms with Gasteiger partial charge < -0.3 is 15.4 Å². The van der Waals surface area contributed by atoms with Gasteiger partial charge in [-0.2, -0.15) is 0 Å². The minimum Gasteiger partial charge on any atom is -0.441 e. The average Bonchev–Trinajstić information content (AvgIpc) is 2.67. The van der Waals surface area contributed by atoms with Crippen molar-refractivity contribution >= 4 is 12.0 Å². The van der Waals surface area contributed by atoms with Crippen LogP contribution in [0.4, 0.5) is 10.7 Å². The molecular weight excluding hydrogens is 318 g/mol. The van der Waals surface area contributed by atoms with E-state index in [4.69, 9.17) is 10.5 Å². The maximum atomic E-state index is 11.2. The minimum atomic E-state index is -0.736. The van der Waals surface area contributed by atoms with Crippen LogP contribution in [0, 0.1) is 0 Å². The first-order chi connectivity index (χ1) is 12.2. The Morgan fingerprint density at radius 3 is 2.40 bits per heavy atom. The van der Waals surface area contributed by atoms with Gasteiger partial charge in [0.15, 0.2) is 0 Å². The summed E-state index contributed by atoms with van der Waals surface area (Å²) in [6.45, 7) is 4.47. The molecule has 3 rings (SSSR count). The van der Waals surface area contributed by atoms with E-state index in [9.17, 15) is 4.79 Å². The molecule has 1 atom stereocenters. The molecule has 0 spiro atoms. The lowest BCUT2D eigenvalue weighted by atomic mass is 10.1. The van der Waals surface area contributed by atoms with Crippen LogP contribution in [0.1, 0.15) is 18.1 Å². The number of hydrogen-bond acceptors (Lipinski definition) is 6. The van der Waals surface area contributed by atoms with Crippen molar-refractivity contribution in [2.45, 2.75) is 12.5 Å².